The standard InChI is InChI=1S/C18H20N4O2S/c23-11-13-25(24)12-10-20-17-14-6-3-4-7-15(14)21-18(22-17)16-8-2-1-5-9-19-16/h1-4,6-9,23H,5,10-13H2,(H,20,21,22). The van der Waals surface area contributed by atoms with Crippen LogP contribution in [0.2, 0.25) is 0 Å². The average molecular weight is 356 g/mol. The Morgan fingerprint density at radius 1 is 1.20 bits per heavy atom. The molecule has 7 heteroatoms. The number of nitrogens with zero attached hydrogens (tertiary/aromatic N) is 3. The van der Waals surface area contributed by atoms with Gasteiger partial charge in [0.25, 0.3) is 0 Å². The molecule has 1 aliphatic rings. The van der Waals surface area contributed by atoms with Gasteiger partial charge in [0, 0.05) is 46.9 Å². The third-order valence-electron chi connectivity index (χ3n) is 3.64. The highest BCUT2D eigenvalue weighted by atomic mass is 32.2. The van der Waals surface area contributed by atoms with E-state index in [1.165, 1.54) is 0 Å². The third-order valence-corrected chi connectivity index (χ3v) is 4.93. The van der Waals surface area contributed by atoms with E-state index in [4.69, 9.17) is 5.11 Å². The molecule has 0 spiro atoms. The molecule has 0 fully saturated rings. The van der Waals surface area contributed by atoms with Gasteiger partial charge in [-0.05, 0) is 18.2 Å². The molecule has 1 aliphatic heterocycles. The number of nitrogens with one attached hydrogen (secondary N) is 1. The topological polar surface area (TPSA) is 87.5 Å². The smallest absolute Gasteiger partial charge is 0.180 e. The molecule has 0 amide bonds. The molecule has 3 rings (SSSR count). The number of rotatable bonds is 7. The van der Waals surface area contributed by atoms with Crippen LogP contribution >= 0.6 is 0 Å². The second-order valence-electron chi connectivity index (χ2n) is 5.44. The van der Waals surface area contributed by atoms with E-state index >= 15 is 0 Å². The molecule has 1 aromatic heterocycles. The van der Waals surface area contributed by atoms with Gasteiger partial charge < -0.3 is 10.4 Å². The predicted octanol–water partition coefficient (Wildman–Crippen LogP) is 2.15. The first-order valence-electron chi connectivity index (χ1n) is 8.14. The van der Waals surface area contributed by atoms with Gasteiger partial charge in [0.2, 0.25) is 0 Å². The van der Waals surface area contributed by atoms with E-state index in [0.717, 1.165) is 17.3 Å². The van der Waals surface area contributed by atoms with Crippen LogP contribution in [0.4, 0.5) is 5.82 Å². The van der Waals surface area contributed by atoms with Gasteiger partial charge >= 0.3 is 0 Å². The SMILES string of the molecule is O=S(CCO)CCNc1nc(C2=CC=CCC=N2)nc2ccccc12. The molecular formula is C18H20N4O2S. The van der Waals surface area contributed by atoms with Crippen LogP contribution in [0.1, 0.15) is 12.2 Å². The third kappa shape index (κ3) is 4.58. The molecule has 0 saturated heterocycles. The van der Waals surface area contributed by atoms with Crippen LogP contribution in [0.3, 0.4) is 0 Å². The summed E-state index contributed by atoms with van der Waals surface area (Å²) in [6, 6.07) is 7.76. The summed E-state index contributed by atoms with van der Waals surface area (Å²) < 4.78 is 11.7. The molecule has 130 valence electrons. The van der Waals surface area contributed by atoms with Crippen molar-refractivity contribution in [2.24, 2.45) is 4.99 Å². The molecule has 0 saturated carbocycles. The van der Waals surface area contributed by atoms with Crippen molar-refractivity contribution < 1.29 is 9.32 Å². The fraction of sp³-hybridized carbons (Fsp3) is 0.278. The quantitative estimate of drug-likeness (QED) is 0.794. The molecule has 0 radical (unpaired) electrons. The molecule has 1 atom stereocenters. The van der Waals surface area contributed by atoms with Crippen molar-refractivity contribution in [1.29, 1.82) is 0 Å². The largest absolute Gasteiger partial charge is 0.395 e. The summed E-state index contributed by atoms with van der Waals surface area (Å²) in [5, 5.41) is 13.0. The zero-order valence-electron chi connectivity index (χ0n) is 13.8. The Bertz CT molecular complexity index is 861. The van der Waals surface area contributed by atoms with Crippen LogP contribution in [0.15, 0.2) is 47.5 Å². The number of aliphatic imine (C=N–C) groups is 1. The minimum absolute atomic E-state index is 0.0626. The van der Waals surface area contributed by atoms with E-state index < -0.39 is 10.8 Å². The zero-order valence-corrected chi connectivity index (χ0v) is 14.6. The lowest BCUT2D eigenvalue weighted by molar-refractivity contribution is 0.321. The van der Waals surface area contributed by atoms with Crippen LogP contribution in [-0.2, 0) is 10.8 Å². The number of aromatic nitrogens is 2. The molecule has 0 bridgehead atoms. The van der Waals surface area contributed by atoms with Crippen molar-refractivity contribution in [3.63, 3.8) is 0 Å². The highest BCUT2D eigenvalue weighted by Gasteiger charge is 2.11. The lowest BCUT2D eigenvalue weighted by Gasteiger charge is -2.11. The summed E-state index contributed by atoms with van der Waals surface area (Å²) in [5.41, 5.74) is 1.54. The summed E-state index contributed by atoms with van der Waals surface area (Å²) in [5.74, 6) is 2.01. The van der Waals surface area contributed by atoms with Gasteiger partial charge in [0.15, 0.2) is 5.82 Å². The van der Waals surface area contributed by atoms with Crippen molar-refractivity contribution >= 4 is 39.4 Å². The first-order chi connectivity index (χ1) is 12.3. The van der Waals surface area contributed by atoms with Crippen molar-refractivity contribution in [3.05, 3.63) is 48.3 Å². The number of hydrogen-bond acceptors (Lipinski definition) is 6. The van der Waals surface area contributed by atoms with Crippen LogP contribution in [-0.4, -0.2) is 50.2 Å². The van der Waals surface area contributed by atoms with E-state index in [0.29, 0.717) is 35.4 Å². The lowest BCUT2D eigenvalue weighted by Crippen LogP contribution is -2.15. The molecular weight excluding hydrogens is 336 g/mol. The lowest BCUT2D eigenvalue weighted by atomic mass is 10.2. The monoisotopic (exact) mass is 356 g/mol. The first-order valence-corrected chi connectivity index (χ1v) is 9.63. The Labute approximate surface area is 148 Å². The van der Waals surface area contributed by atoms with Gasteiger partial charge in [0.1, 0.15) is 11.5 Å². The number of para-hydroxylation sites is 1. The van der Waals surface area contributed by atoms with Crippen LogP contribution in [0, 0.1) is 0 Å². The number of benzene rings is 1. The highest BCUT2D eigenvalue weighted by molar-refractivity contribution is 7.85. The number of hydrogen-bond donors (Lipinski definition) is 2. The predicted molar refractivity (Wildman–Crippen MR) is 103 cm³/mol. The molecule has 2 N–H and O–H groups in total. The first kappa shape index (κ1) is 17.4. The Hall–Kier alpha value is -2.38. The van der Waals surface area contributed by atoms with Gasteiger partial charge in [-0.3, -0.25) is 9.20 Å². The molecule has 2 heterocycles. The molecule has 1 aromatic carbocycles. The Morgan fingerprint density at radius 2 is 2.08 bits per heavy atom. The van der Waals surface area contributed by atoms with Gasteiger partial charge in [0.05, 0.1) is 12.1 Å². The Balaban J connectivity index is 1.89. The van der Waals surface area contributed by atoms with E-state index in [1.54, 1.807) is 0 Å². The summed E-state index contributed by atoms with van der Waals surface area (Å²) in [7, 11) is -1.04. The zero-order chi connectivity index (χ0) is 17.5. The highest BCUT2D eigenvalue weighted by Crippen LogP contribution is 2.23. The molecule has 25 heavy (non-hydrogen) atoms. The minimum Gasteiger partial charge on any atom is -0.395 e. The number of allylic oxidation sites excluding steroid dienone is 3. The van der Waals surface area contributed by atoms with E-state index in [9.17, 15) is 4.21 Å². The normalized spacial score (nSPS) is 15.0. The van der Waals surface area contributed by atoms with Gasteiger partial charge in [-0.2, -0.15) is 0 Å². The van der Waals surface area contributed by atoms with Crippen LogP contribution in [0.5, 0.6) is 0 Å². The maximum Gasteiger partial charge on any atom is 0.180 e. The Morgan fingerprint density at radius 3 is 2.96 bits per heavy atom. The molecule has 6 nitrogen and oxygen atoms in total. The second-order valence-corrected chi connectivity index (χ2v) is 7.14. The maximum atomic E-state index is 11.7. The molecule has 1 unspecified atom stereocenters. The van der Waals surface area contributed by atoms with Gasteiger partial charge in [-0.15, -0.1) is 0 Å². The number of aliphatic hydroxyl groups is 1. The summed E-state index contributed by atoms with van der Waals surface area (Å²) in [6.07, 6.45) is 8.49. The Kier molecular flexibility index (Phi) is 6.03. The van der Waals surface area contributed by atoms with Gasteiger partial charge in [-0.1, -0.05) is 24.3 Å². The second kappa shape index (κ2) is 8.64. The summed E-state index contributed by atoms with van der Waals surface area (Å²) in [6.45, 7) is 0.447. The number of fused-ring (bicyclic) bond motifs is 1. The fourth-order valence-electron chi connectivity index (χ4n) is 2.44. The number of anilines is 1. The van der Waals surface area contributed by atoms with E-state index in [1.807, 2.05) is 48.7 Å². The van der Waals surface area contributed by atoms with Crippen molar-refractivity contribution in [1.82, 2.24) is 9.97 Å². The summed E-state index contributed by atoms with van der Waals surface area (Å²) >= 11 is 0. The average Bonchev–Trinajstić information content (AvgIpc) is 2.91. The molecule has 0 aliphatic carbocycles. The minimum atomic E-state index is -1.04. The number of aliphatic hydroxyl groups excluding tert-OH is 1. The van der Waals surface area contributed by atoms with E-state index in [-0.39, 0.29) is 6.61 Å². The van der Waals surface area contributed by atoms with Crippen LogP contribution in [0.25, 0.3) is 16.6 Å². The van der Waals surface area contributed by atoms with Crippen molar-refractivity contribution in [2.75, 3.05) is 30.0 Å². The summed E-state index contributed by atoms with van der Waals surface area (Å²) in [4.78, 5) is 13.7. The fourth-order valence-corrected chi connectivity index (χ4v) is 3.18. The van der Waals surface area contributed by atoms with Crippen LogP contribution < -0.4 is 5.32 Å². The van der Waals surface area contributed by atoms with Gasteiger partial charge in [-0.25, -0.2) is 9.97 Å². The van der Waals surface area contributed by atoms with Crippen molar-refractivity contribution in [3.8, 4) is 0 Å². The van der Waals surface area contributed by atoms with Crippen molar-refractivity contribution in [2.45, 2.75) is 6.42 Å². The van der Waals surface area contributed by atoms with E-state index in [2.05, 4.69) is 20.3 Å². The maximum absolute atomic E-state index is 11.7. The molecule has 2 aromatic rings.